The number of alkyl carbamates (subject to hydrolysis) is 1. The minimum Gasteiger partial charge on any atom is -0.479 e. The van der Waals surface area contributed by atoms with Gasteiger partial charge in [0.15, 0.2) is 5.54 Å². The number of carboxylic acid groups (broad SMARTS) is 1. The number of carbonyl (C=O) groups excluding carboxylic acids is 2. The third-order valence-corrected chi connectivity index (χ3v) is 4.46. The maximum Gasteiger partial charge on any atom is 0.408 e. The molecular weight excluding hydrogens is 300 g/mol. The van der Waals surface area contributed by atoms with Crippen molar-refractivity contribution in [3.8, 4) is 0 Å². The van der Waals surface area contributed by atoms with Crippen molar-refractivity contribution in [2.45, 2.75) is 64.0 Å². The van der Waals surface area contributed by atoms with E-state index >= 15 is 0 Å². The van der Waals surface area contributed by atoms with E-state index in [1.807, 2.05) is 0 Å². The fourth-order valence-electron chi connectivity index (χ4n) is 2.92. The lowest BCUT2D eigenvalue weighted by Crippen LogP contribution is -2.57. The Hall–Kier alpha value is -1.79. The van der Waals surface area contributed by atoms with Crippen LogP contribution in [-0.2, 0) is 14.3 Å². The molecule has 2 aliphatic rings. The number of rotatable bonds is 4. The molecule has 1 atom stereocenters. The standard InChI is InChI=1S/C16H26N2O5/c1-15(2,3)23-14(22)17-16(13(20)21)7-8-18(10-16)12(19)9-11-5-4-6-11/h11H,4-10H2,1-3H3,(H,17,22)(H,20,21). The first-order chi connectivity index (χ1) is 10.6. The van der Waals surface area contributed by atoms with Crippen LogP contribution in [0.3, 0.4) is 0 Å². The zero-order valence-corrected chi connectivity index (χ0v) is 14.1. The number of nitrogens with zero attached hydrogens (tertiary/aromatic N) is 1. The second-order valence-corrected chi connectivity index (χ2v) is 7.58. The maximum absolute atomic E-state index is 12.3. The van der Waals surface area contributed by atoms with Gasteiger partial charge in [0.1, 0.15) is 5.60 Å². The summed E-state index contributed by atoms with van der Waals surface area (Å²) in [6.45, 7) is 5.47. The van der Waals surface area contributed by atoms with E-state index in [9.17, 15) is 19.5 Å². The summed E-state index contributed by atoms with van der Waals surface area (Å²) in [5.74, 6) is -0.729. The molecule has 0 radical (unpaired) electrons. The number of likely N-dealkylation sites (tertiary alicyclic amines) is 1. The normalized spacial score (nSPS) is 24.9. The van der Waals surface area contributed by atoms with Crippen LogP contribution in [0.25, 0.3) is 0 Å². The Morgan fingerprint density at radius 1 is 1.30 bits per heavy atom. The molecular formula is C16H26N2O5. The summed E-state index contributed by atoms with van der Waals surface area (Å²) >= 11 is 0. The first-order valence-corrected chi connectivity index (χ1v) is 8.14. The summed E-state index contributed by atoms with van der Waals surface area (Å²) in [5.41, 5.74) is -2.17. The van der Waals surface area contributed by atoms with Crippen LogP contribution in [0.1, 0.15) is 52.9 Å². The quantitative estimate of drug-likeness (QED) is 0.820. The highest BCUT2D eigenvalue weighted by Gasteiger charge is 2.48. The average molecular weight is 326 g/mol. The van der Waals surface area contributed by atoms with Gasteiger partial charge in [0, 0.05) is 19.4 Å². The Morgan fingerprint density at radius 2 is 1.96 bits per heavy atom. The summed E-state index contributed by atoms with van der Waals surface area (Å²) < 4.78 is 5.14. The van der Waals surface area contributed by atoms with Gasteiger partial charge in [0.2, 0.25) is 5.91 Å². The number of aliphatic carboxylic acids is 1. The minimum atomic E-state index is -1.46. The maximum atomic E-state index is 12.3. The van der Waals surface area contributed by atoms with Crippen LogP contribution < -0.4 is 5.32 Å². The van der Waals surface area contributed by atoms with E-state index < -0.39 is 23.2 Å². The predicted molar refractivity (Wildman–Crippen MR) is 82.9 cm³/mol. The number of hydrogen-bond donors (Lipinski definition) is 2. The van der Waals surface area contributed by atoms with Gasteiger partial charge in [-0.2, -0.15) is 0 Å². The molecule has 1 saturated heterocycles. The van der Waals surface area contributed by atoms with Gasteiger partial charge in [0.05, 0.1) is 6.54 Å². The third-order valence-electron chi connectivity index (χ3n) is 4.46. The highest BCUT2D eigenvalue weighted by molar-refractivity contribution is 5.87. The van der Waals surface area contributed by atoms with Crippen molar-refractivity contribution in [2.75, 3.05) is 13.1 Å². The molecule has 0 spiro atoms. The Balaban J connectivity index is 1.97. The molecule has 0 aromatic rings. The second kappa shape index (κ2) is 6.37. The van der Waals surface area contributed by atoms with Crippen LogP contribution in [0.15, 0.2) is 0 Å². The van der Waals surface area contributed by atoms with Gasteiger partial charge in [0.25, 0.3) is 0 Å². The number of nitrogens with one attached hydrogen (secondary N) is 1. The number of hydrogen-bond acceptors (Lipinski definition) is 4. The van der Waals surface area contributed by atoms with Gasteiger partial charge in [-0.1, -0.05) is 6.42 Å². The number of carbonyl (C=O) groups is 3. The van der Waals surface area contributed by atoms with Gasteiger partial charge in [-0.05, 0) is 39.5 Å². The van der Waals surface area contributed by atoms with Gasteiger partial charge in [-0.15, -0.1) is 0 Å². The van der Waals surface area contributed by atoms with Crippen LogP contribution in [-0.4, -0.2) is 52.2 Å². The monoisotopic (exact) mass is 326 g/mol. The second-order valence-electron chi connectivity index (χ2n) is 7.58. The fourth-order valence-corrected chi connectivity index (χ4v) is 2.92. The molecule has 1 aliphatic heterocycles. The highest BCUT2D eigenvalue weighted by Crippen LogP contribution is 2.31. The fraction of sp³-hybridized carbons (Fsp3) is 0.812. The van der Waals surface area contributed by atoms with Crippen LogP contribution in [0.2, 0.25) is 0 Å². The van der Waals surface area contributed by atoms with Crippen molar-refractivity contribution in [1.29, 1.82) is 0 Å². The topological polar surface area (TPSA) is 95.9 Å². The van der Waals surface area contributed by atoms with E-state index in [1.165, 1.54) is 0 Å². The van der Waals surface area contributed by atoms with E-state index in [0.717, 1.165) is 19.3 Å². The van der Waals surface area contributed by atoms with Crippen molar-refractivity contribution in [2.24, 2.45) is 5.92 Å². The summed E-state index contributed by atoms with van der Waals surface area (Å²) in [6, 6.07) is 0. The molecule has 1 heterocycles. The zero-order valence-electron chi connectivity index (χ0n) is 14.1. The summed E-state index contributed by atoms with van der Waals surface area (Å²) in [7, 11) is 0. The summed E-state index contributed by atoms with van der Waals surface area (Å²) in [6.07, 6.45) is 3.20. The van der Waals surface area contributed by atoms with E-state index in [4.69, 9.17) is 4.74 Å². The van der Waals surface area contributed by atoms with E-state index in [0.29, 0.717) is 18.9 Å². The van der Waals surface area contributed by atoms with Crippen LogP contribution in [0.4, 0.5) is 4.79 Å². The molecule has 23 heavy (non-hydrogen) atoms. The average Bonchev–Trinajstić information content (AvgIpc) is 2.76. The lowest BCUT2D eigenvalue weighted by molar-refractivity contribution is -0.144. The first-order valence-electron chi connectivity index (χ1n) is 8.14. The largest absolute Gasteiger partial charge is 0.479 e. The third kappa shape index (κ3) is 4.36. The van der Waals surface area contributed by atoms with Gasteiger partial charge in [-0.25, -0.2) is 9.59 Å². The Morgan fingerprint density at radius 3 is 2.43 bits per heavy atom. The minimum absolute atomic E-state index is 0.00682. The molecule has 2 fully saturated rings. The van der Waals surface area contributed by atoms with E-state index in [2.05, 4.69) is 5.32 Å². The number of amides is 2. The Bertz CT molecular complexity index is 495. The zero-order chi connectivity index (χ0) is 17.3. The van der Waals surface area contributed by atoms with E-state index in [1.54, 1.807) is 25.7 Å². The molecule has 0 aromatic carbocycles. The van der Waals surface area contributed by atoms with Crippen molar-refractivity contribution in [1.82, 2.24) is 10.2 Å². The number of carboxylic acids is 1. The SMILES string of the molecule is CC(C)(C)OC(=O)NC1(C(=O)O)CCN(C(=O)CC2CCC2)C1. The van der Waals surface area contributed by atoms with Crippen LogP contribution >= 0.6 is 0 Å². The van der Waals surface area contributed by atoms with Crippen molar-refractivity contribution >= 4 is 18.0 Å². The molecule has 0 aromatic heterocycles. The Labute approximate surface area is 136 Å². The predicted octanol–water partition coefficient (Wildman–Crippen LogP) is 1.76. The molecule has 2 N–H and O–H groups in total. The Kier molecular flexibility index (Phi) is 4.87. The lowest BCUT2D eigenvalue weighted by Gasteiger charge is -2.29. The molecule has 1 saturated carbocycles. The molecule has 2 amide bonds. The first kappa shape index (κ1) is 17.6. The van der Waals surface area contributed by atoms with E-state index in [-0.39, 0.29) is 18.9 Å². The lowest BCUT2D eigenvalue weighted by atomic mass is 9.83. The molecule has 1 aliphatic carbocycles. The molecule has 130 valence electrons. The van der Waals surface area contributed by atoms with Crippen molar-refractivity contribution < 1.29 is 24.2 Å². The highest BCUT2D eigenvalue weighted by atomic mass is 16.6. The number of ether oxygens (including phenoxy) is 1. The molecule has 7 nitrogen and oxygen atoms in total. The van der Waals surface area contributed by atoms with Crippen LogP contribution in [0.5, 0.6) is 0 Å². The van der Waals surface area contributed by atoms with Crippen molar-refractivity contribution in [3.05, 3.63) is 0 Å². The van der Waals surface area contributed by atoms with Gasteiger partial charge in [-0.3, -0.25) is 4.79 Å². The van der Waals surface area contributed by atoms with Crippen molar-refractivity contribution in [3.63, 3.8) is 0 Å². The molecule has 1 unspecified atom stereocenters. The van der Waals surface area contributed by atoms with Gasteiger partial charge >= 0.3 is 12.1 Å². The summed E-state index contributed by atoms with van der Waals surface area (Å²) in [4.78, 5) is 37.4. The summed E-state index contributed by atoms with van der Waals surface area (Å²) in [5, 5.41) is 12.0. The molecule has 0 bridgehead atoms. The smallest absolute Gasteiger partial charge is 0.408 e. The molecule has 7 heteroatoms. The van der Waals surface area contributed by atoms with Gasteiger partial charge < -0.3 is 20.1 Å². The van der Waals surface area contributed by atoms with Crippen LogP contribution in [0, 0.1) is 5.92 Å². The molecule has 2 rings (SSSR count).